The van der Waals surface area contributed by atoms with Crippen LogP contribution in [0, 0.1) is 11.3 Å². The number of amides is 1. The van der Waals surface area contributed by atoms with E-state index in [1.165, 1.54) is 0 Å². The van der Waals surface area contributed by atoms with E-state index in [0.717, 1.165) is 27.0 Å². The van der Waals surface area contributed by atoms with E-state index in [0.29, 0.717) is 17.7 Å². The molecule has 144 valence electrons. The number of nitrogens with one attached hydrogen (secondary N) is 2. The summed E-state index contributed by atoms with van der Waals surface area (Å²) in [5.41, 5.74) is 2.65. The summed E-state index contributed by atoms with van der Waals surface area (Å²) >= 11 is 0. The fourth-order valence-corrected chi connectivity index (χ4v) is 3.76. The Bertz CT molecular complexity index is 1150. The van der Waals surface area contributed by atoms with Gasteiger partial charge in [-0.15, -0.1) is 0 Å². The molecule has 0 fully saturated rings. The molecule has 3 aromatic rings. The van der Waals surface area contributed by atoms with Crippen LogP contribution < -0.4 is 5.32 Å². The number of aromatic nitrogens is 1. The highest BCUT2D eigenvalue weighted by atomic mass is 32.2. The Morgan fingerprint density at radius 1 is 1.18 bits per heavy atom. The predicted molar refractivity (Wildman–Crippen MR) is 108 cm³/mol. The van der Waals surface area contributed by atoms with E-state index in [1.54, 1.807) is 24.3 Å². The van der Waals surface area contributed by atoms with Crippen LogP contribution in [0.15, 0.2) is 54.7 Å². The lowest BCUT2D eigenvalue weighted by molar-refractivity contribution is -0.116. The highest BCUT2D eigenvalue weighted by Crippen LogP contribution is 2.19. The van der Waals surface area contributed by atoms with Crippen molar-refractivity contribution in [3.05, 3.63) is 65.9 Å². The molecule has 0 unspecified atom stereocenters. The van der Waals surface area contributed by atoms with Gasteiger partial charge in [-0.25, -0.2) is 8.42 Å². The number of hydrogen-bond acceptors (Lipinski definition) is 4. The van der Waals surface area contributed by atoms with Gasteiger partial charge in [0.1, 0.15) is 6.07 Å². The molecule has 8 heteroatoms. The minimum atomic E-state index is -3.58. The first-order chi connectivity index (χ1) is 13.4. The number of aromatic amines is 1. The molecule has 0 aliphatic carbocycles. The Labute approximate surface area is 163 Å². The third-order valence-corrected chi connectivity index (χ3v) is 5.67. The number of anilines is 1. The maximum atomic E-state index is 12.4. The fraction of sp³-hybridized carbons (Fsp3) is 0.200. The fourth-order valence-electron chi connectivity index (χ4n) is 2.99. The van der Waals surface area contributed by atoms with E-state index >= 15 is 0 Å². The summed E-state index contributed by atoms with van der Waals surface area (Å²) in [5.74, 6) is -0.493. The van der Waals surface area contributed by atoms with Gasteiger partial charge in [-0.3, -0.25) is 4.79 Å². The number of benzene rings is 2. The van der Waals surface area contributed by atoms with Gasteiger partial charge in [0, 0.05) is 23.6 Å². The quantitative estimate of drug-likeness (QED) is 0.640. The summed E-state index contributed by atoms with van der Waals surface area (Å²) in [6.07, 6.45) is 3.41. The number of H-pyrrole nitrogens is 1. The number of nitriles is 1. The summed E-state index contributed by atoms with van der Waals surface area (Å²) in [5, 5.41) is 12.8. The summed E-state index contributed by atoms with van der Waals surface area (Å²) in [4.78, 5) is 15.5. The van der Waals surface area contributed by atoms with Crippen molar-refractivity contribution in [2.45, 2.75) is 6.42 Å². The normalized spacial score (nSPS) is 11.5. The van der Waals surface area contributed by atoms with Crippen molar-refractivity contribution >= 4 is 32.5 Å². The largest absolute Gasteiger partial charge is 0.361 e. The van der Waals surface area contributed by atoms with Crippen LogP contribution in [0.2, 0.25) is 0 Å². The van der Waals surface area contributed by atoms with Gasteiger partial charge in [-0.05, 0) is 30.2 Å². The average Bonchev–Trinajstić information content (AvgIpc) is 3.08. The average molecular weight is 396 g/mol. The van der Waals surface area contributed by atoms with Crippen molar-refractivity contribution in [1.29, 1.82) is 5.26 Å². The Morgan fingerprint density at radius 3 is 2.64 bits per heavy atom. The topological polar surface area (TPSA) is 106 Å². The lowest BCUT2D eigenvalue weighted by atomic mass is 10.1. The first kappa shape index (κ1) is 19.6. The highest BCUT2D eigenvalue weighted by Gasteiger charge is 2.21. The molecule has 0 bridgehead atoms. The minimum Gasteiger partial charge on any atom is -0.361 e. The van der Waals surface area contributed by atoms with E-state index in [9.17, 15) is 13.2 Å². The molecule has 7 nitrogen and oxygen atoms in total. The Balaban J connectivity index is 1.70. The monoisotopic (exact) mass is 396 g/mol. The smallest absolute Gasteiger partial charge is 0.239 e. The van der Waals surface area contributed by atoms with Crippen LogP contribution >= 0.6 is 0 Å². The van der Waals surface area contributed by atoms with Gasteiger partial charge in [0.2, 0.25) is 15.9 Å². The standard InChI is InChI=1S/C20H20N4O3S/c1-28(26,27)24(11-10-16-13-22-19-9-5-3-7-17(16)19)14-20(25)23-18-8-4-2-6-15(18)12-21/h2-9,13,22H,10-11,14H2,1H3,(H,23,25). The van der Waals surface area contributed by atoms with E-state index in [4.69, 9.17) is 5.26 Å². The van der Waals surface area contributed by atoms with Gasteiger partial charge in [0.05, 0.1) is 24.1 Å². The number of fused-ring (bicyclic) bond motifs is 1. The van der Waals surface area contributed by atoms with Crippen LogP contribution in [0.25, 0.3) is 10.9 Å². The van der Waals surface area contributed by atoms with Crippen molar-refractivity contribution in [3.8, 4) is 6.07 Å². The highest BCUT2D eigenvalue weighted by molar-refractivity contribution is 7.88. The van der Waals surface area contributed by atoms with Crippen LogP contribution in [-0.2, 0) is 21.2 Å². The molecule has 0 saturated heterocycles. The van der Waals surface area contributed by atoms with Crippen LogP contribution in [0.3, 0.4) is 0 Å². The second-order valence-electron chi connectivity index (χ2n) is 6.41. The molecule has 28 heavy (non-hydrogen) atoms. The Hall–Kier alpha value is -3.15. The van der Waals surface area contributed by atoms with E-state index < -0.39 is 15.9 Å². The molecule has 2 aromatic carbocycles. The maximum Gasteiger partial charge on any atom is 0.239 e. The van der Waals surface area contributed by atoms with Gasteiger partial charge in [-0.1, -0.05) is 30.3 Å². The molecule has 0 spiro atoms. The molecule has 0 atom stereocenters. The van der Waals surface area contributed by atoms with E-state index in [1.807, 2.05) is 36.5 Å². The van der Waals surface area contributed by atoms with Crippen molar-refractivity contribution in [3.63, 3.8) is 0 Å². The summed E-state index contributed by atoms with van der Waals surface area (Å²) in [6, 6.07) is 16.3. The maximum absolute atomic E-state index is 12.4. The Morgan fingerprint density at radius 2 is 1.89 bits per heavy atom. The number of carbonyl (C=O) groups is 1. The number of nitrogens with zero attached hydrogens (tertiary/aromatic N) is 2. The molecule has 1 heterocycles. The van der Waals surface area contributed by atoms with Crippen molar-refractivity contribution in [2.75, 3.05) is 24.7 Å². The van der Waals surface area contributed by atoms with Crippen LogP contribution in [-0.4, -0.2) is 43.0 Å². The number of para-hydroxylation sites is 2. The first-order valence-corrected chi connectivity index (χ1v) is 10.5. The summed E-state index contributed by atoms with van der Waals surface area (Å²) in [7, 11) is -3.58. The first-order valence-electron chi connectivity index (χ1n) is 8.67. The van der Waals surface area contributed by atoms with Crippen LogP contribution in [0.4, 0.5) is 5.69 Å². The van der Waals surface area contributed by atoms with Crippen molar-refractivity contribution < 1.29 is 13.2 Å². The molecule has 0 saturated carbocycles. The van der Waals surface area contributed by atoms with E-state index in [2.05, 4.69) is 10.3 Å². The third kappa shape index (κ3) is 4.57. The lowest BCUT2D eigenvalue weighted by Crippen LogP contribution is -2.38. The molecular formula is C20H20N4O3S. The summed E-state index contributed by atoms with van der Waals surface area (Å²) < 4.78 is 25.4. The van der Waals surface area contributed by atoms with Gasteiger partial charge in [0.25, 0.3) is 0 Å². The van der Waals surface area contributed by atoms with Crippen LogP contribution in [0.5, 0.6) is 0 Å². The molecule has 1 amide bonds. The van der Waals surface area contributed by atoms with Crippen LogP contribution in [0.1, 0.15) is 11.1 Å². The molecule has 0 radical (unpaired) electrons. The molecule has 2 N–H and O–H groups in total. The minimum absolute atomic E-state index is 0.175. The molecule has 1 aromatic heterocycles. The second kappa shape index (κ2) is 8.25. The van der Waals surface area contributed by atoms with Gasteiger partial charge in [0.15, 0.2) is 0 Å². The zero-order valence-corrected chi connectivity index (χ0v) is 16.2. The van der Waals surface area contributed by atoms with Crippen molar-refractivity contribution in [2.24, 2.45) is 0 Å². The van der Waals surface area contributed by atoms with Crippen molar-refractivity contribution in [1.82, 2.24) is 9.29 Å². The van der Waals surface area contributed by atoms with E-state index in [-0.39, 0.29) is 13.1 Å². The number of sulfonamides is 1. The molecular weight excluding hydrogens is 376 g/mol. The SMILES string of the molecule is CS(=O)(=O)N(CCc1c[nH]c2ccccc12)CC(=O)Nc1ccccc1C#N. The molecule has 3 rings (SSSR count). The Kier molecular flexibility index (Phi) is 5.78. The number of rotatable bonds is 7. The van der Waals surface area contributed by atoms with Gasteiger partial charge >= 0.3 is 0 Å². The lowest BCUT2D eigenvalue weighted by Gasteiger charge is -2.19. The molecule has 0 aliphatic heterocycles. The summed E-state index contributed by atoms with van der Waals surface area (Å²) in [6.45, 7) is -0.144. The third-order valence-electron chi connectivity index (χ3n) is 4.42. The zero-order chi connectivity index (χ0) is 20.1. The van der Waals surface area contributed by atoms with Gasteiger partial charge in [-0.2, -0.15) is 9.57 Å². The molecule has 0 aliphatic rings. The number of hydrogen-bond donors (Lipinski definition) is 2. The second-order valence-corrected chi connectivity index (χ2v) is 8.39. The zero-order valence-electron chi connectivity index (χ0n) is 15.3. The van der Waals surface area contributed by atoms with Gasteiger partial charge < -0.3 is 10.3 Å². The number of carbonyl (C=O) groups excluding carboxylic acids is 1. The predicted octanol–water partition coefficient (Wildman–Crippen LogP) is 2.48.